The molecule has 3 amide bonds. The highest BCUT2D eigenvalue weighted by Gasteiger charge is 2.35. The van der Waals surface area contributed by atoms with Crippen LogP contribution in [0.5, 0.6) is 11.5 Å². The van der Waals surface area contributed by atoms with Crippen LogP contribution in [0.25, 0.3) is 6.08 Å². The molecule has 6 nitrogen and oxygen atoms in total. The third kappa shape index (κ3) is 4.64. The number of amides is 3. The first-order valence-corrected chi connectivity index (χ1v) is 10.8. The molecule has 0 radical (unpaired) electrons. The van der Waals surface area contributed by atoms with Gasteiger partial charge < -0.3 is 14.8 Å². The molecule has 3 aromatic carbocycles. The van der Waals surface area contributed by atoms with Crippen molar-refractivity contribution in [1.29, 1.82) is 0 Å². The van der Waals surface area contributed by atoms with Crippen LogP contribution in [0.3, 0.4) is 0 Å². The SMILES string of the molecule is COc1cc(/C=C2/NC(=O)N(c3ccc(Cl)cc3)C2=O)c(Br)cc1OCc1ccccc1. The quantitative estimate of drug-likeness (QED) is 0.335. The first-order chi connectivity index (χ1) is 15.5. The minimum atomic E-state index is -0.533. The van der Waals surface area contributed by atoms with Crippen molar-refractivity contribution < 1.29 is 19.1 Å². The average Bonchev–Trinajstić information content (AvgIpc) is 3.08. The molecule has 0 spiro atoms. The van der Waals surface area contributed by atoms with Crippen LogP contribution in [-0.2, 0) is 11.4 Å². The van der Waals surface area contributed by atoms with Crippen LogP contribution >= 0.6 is 27.5 Å². The number of ether oxygens (including phenoxy) is 2. The van der Waals surface area contributed by atoms with Crippen molar-refractivity contribution in [3.05, 3.63) is 93.0 Å². The predicted molar refractivity (Wildman–Crippen MR) is 127 cm³/mol. The zero-order valence-electron chi connectivity index (χ0n) is 17.0. The largest absolute Gasteiger partial charge is 0.493 e. The van der Waals surface area contributed by atoms with Crippen LogP contribution in [-0.4, -0.2) is 19.0 Å². The van der Waals surface area contributed by atoms with E-state index in [0.717, 1.165) is 10.5 Å². The lowest BCUT2D eigenvalue weighted by Gasteiger charge is -2.13. The number of hydrogen-bond donors (Lipinski definition) is 1. The molecule has 0 atom stereocenters. The summed E-state index contributed by atoms with van der Waals surface area (Å²) in [5.41, 5.74) is 2.25. The maximum Gasteiger partial charge on any atom is 0.333 e. The molecule has 8 heteroatoms. The number of carbonyl (C=O) groups excluding carboxylic acids is 2. The van der Waals surface area contributed by atoms with E-state index in [1.807, 2.05) is 30.3 Å². The second-order valence-electron chi connectivity index (χ2n) is 6.90. The Balaban J connectivity index is 1.58. The maximum atomic E-state index is 12.9. The Morgan fingerprint density at radius 3 is 2.44 bits per heavy atom. The highest BCUT2D eigenvalue weighted by atomic mass is 79.9. The maximum absolute atomic E-state index is 12.9. The Bertz CT molecular complexity index is 1200. The number of halogens is 2. The number of methoxy groups -OCH3 is 1. The van der Waals surface area contributed by atoms with Crippen molar-refractivity contribution in [2.75, 3.05) is 12.0 Å². The van der Waals surface area contributed by atoms with Crippen LogP contribution in [0.15, 0.2) is 76.9 Å². The molecular formula is C24H18BrClN2O4. The van der Waals surface area contributed by atoms with Crippen molar-refractivity contribution in [2.24, 2.45) is 0 Å². The number of hydrogen-bond acceptors (Lipinski definition) is 4. The van der Waals surface area contributed by atoms with E-state index < -0.39 is 11.9 Å². The Morgan fingerprint density at radius 1 is 1.03 bits per heavy atom. The van der Waals surface area contributed by atoms with Gasteiger partial charge in [-0.15, -0.1) is 0 Å². The topological polar surface area (TPSA) is 67.9 Å². The van der Waals surface area contributed by atoms with Crippen molar-refractivity contribution in [1.82, 2.24) is 5.32 Å². The van der Waals surface area contributed by atoms with Crippen molar-refractivity contribution in [3.8, 4) is 11.5 Å². The second-order valence-corrected chi connectivity index (χ2v) is 8.19. The summed E-state index contributed by atoms with van der Waals surface area (Å²) in [6, 6.07) is 19.2. The molecule has 0 aromatic heterocycles. The van der Waals surface area contributed by atoms with Gasteiger partial charge in [-0.05, 0) is 53.6 Å². The predicted octanol–water partition coefficient (Wildman–Crippen LogP) is 5.79. The highest BCUT2D eigenvalue weighted by molar-refractivity contribution is 9.10. The van der Waals surface area contributed by atoms with Crippen molar-refractivity contribution in [3.63, 3.8) is 0 Å². The Labute approximate surface area is 198 Å². The van der Waals surface area contributed by atoms with Gasteiger partial charge in [-0.3, -0.25) is 4.79 Å². The van der Waals surface area contributed by atoms with Gasteiger partial charge in [0, 0.05) is 9.50 Å². The second kappa shape index (κ2) is 9.46. The summed E-state index contributed by atoms with van der Waals surface area (Å²) in [6.45, 7) is 0.384. The van der Waals surface area contributed by atoms with Crippen molar-refractivity contribution in [2.45, 2.75) is 6.61 Å². The molecule has 1 N–H and O–H groups in total. The van der Waals surface area contributed by atoms with Gasteiger partial charge >= 0.3 is 6.03 Å². The summed E-state index contributed by atoms with van der Waals surface area (Å²) in [5.74, 6) is 0.588. The molecule has 1 saturated heterocycles. The molecule has 1 heterocycles. The minimum Gasteiger partial charge on any atom is -0.493 e. The third-order valence-corrected chi connectivity index (χ3v) is 5.72. The zero-order valence-corrected chi connectivity index (χ0v) is 19.3. The van der Waals surface area contributed by atoms with Gasteiger partial charge in [0.15, 0.2) is 11.5 Å². The number of nitrogens with one attached hydrogen (secondary N) is 1. The molecule has 1 aliphatic rings. The van der Waals surface area contributed by atoms with E-state index in [1.54, 1.807) is 49.6 Å². The zero-order chi connectivity index (χ0) is 22.7. The minimum absolute atomic E-state index is 0.144. The summed E-state index contributed by atoms with van der Waals surface area (Å²) < 4.78 is 12.1. The van der Waals surface area contributed by atoms with Gasteiger partial charge in [0.2, 0.25) is 0 Å². The van der Waals surface area contributed by atoms with Crippen LogP contribution in [0.2, 0.25) is 5.02 Å². The highest BCUT2D eigenvalue weighted by Crippen LogP contribution is 2.35. The number of carbonyl (C=O) groups is 2. The summed E-state index contributed by atoms with van der Waals surface area (Å²) >= 11 is 9.42. The fourth-order valence-corrected chi connectivity index (χ4v) is 3.75. The molecule has 32 heavy (non-hydrogen) atoms. The van der Waals surface area contributed by atoms with E-state index >= 15 is 0 Å². The molecule has 1 fully saturated rings. The monoisotopic (exact) mass is 512 g/mol. The van der Waals surface area contributed by atoms with Crippen LogP contribution in [0, 0.1) is 0 Å². The van der Waals surface area contributed by atoms with Gasteiger partial charge in [-0.2, -0.15) is 0 Å². The van der Waals surface area contributed by atoms with Gasteiger partial charge in [-0.1, -0.05) is 57.9 Å². The van der Waals surface area contributed by atoms with Gasteiger partial charge in [0.1, 0.15) is 12.3 Å². The van der Waals surface area contributed by atoms with Crippen LogP contribution in [0.1, 0.15) is 11.1 Å². The lowest BCUT2D eigenvalue weighted by molar-refractivity contribution is -0.113. The fourth-order valence-electron chi connectivity index (χ4n) is 3.18. The van der Waals surface area contributed by atoms with Gasteiger partial charge in [0.25, 0.3) is 5.91 Å². The lowest BCUT2D eigenvalue weighted by atomic mass is 10.1. The molecule has 4 rings (SSSR count). The Morgan fingerprint density at radius 2 is 1.75 bits per heavy atom. The number of benzene rings is 3. The summed E-state index contributed by atoms with van der Waals surface area (Å²) in [7, 11) is 1.54. The Hall–Kier alpha value is -3.29. The smallest absolute Gasteiger partial charge is 0.333 e. The third-order valence-electron chi connectivity index (χ3n) is 4.78. The molecular weight excluding hydrogens is 496 g/mol. The van der Waals surface area contributed by atoms with Crippen molar-refractivity contribution >= 4 is 51.2 Å². The lowest BCUT2D eigenvalue weighted by Crippen LogP contribution is -2.30. The number of urea groups is 1. The van der Waals surface area contributed by atoms with E-state index in [2.05, 4.69) is 21.2 Å². The number of rotatable bonds is 6. The fraction of sp³-hybridized carbons (Fsp3) is 0.0833. The Kier molecular flexibility index (Phi) is 6.48. The van der Waals surface area contributed by atoms with Gasteiger partial charge in [-0.25, -0.2) is 9.69 Å². The number of imide groups is 1. The summed E-state index contributed by atoms with van der Waals surface area (Å²) in [5, 5.41) is 3.13. The van der Waals surface area contributed by atoms with Crippen LogP contribution < -0.4 is 19.7 Å². The summed E-state index contributed by atoms with van der Waals surface area (Å²) in [6.07, 6.45) is 1.59. The molecule has 0 bridgehead atoms. The van der Waals surface area contributed by atoms with E-state index in [9.17, 15) is 9.59 Å². The van der Waals surface area contributed by atoms with E-state index in [1.165, 1.54) is 0 Å². The first kappa shape index (κ1) is 21.9. The molecule has 1 aliphatic heterocycles. The molecule has 3 aromatic rings. The number of nitrogens with zero attached hydrogens (tertiary/aromatic N) is 1. The molecule has 0 aliphatic carbocycles. The number of anilines is 1. The van der Waals surface area contributed by atoms with E-state index in [-0.39, 0.29) is 5.70 Å². The van der Waals surface area contributed by atoms with E-state index in [4.69, 9.17) is 21.1 Å². The molecule has 0 unspecified atom stereocenters. The normalized spacial score (nSPS) is 14.6. The summed E-state index contributed by atoms with van der Waals surface area (Å²) in [4.78, 5) is 26.3. The molecule has 162 valence electrons. The first-order valence-electron chi connectivity index (χ1n) is 9.63. The average molecular weight is 514 g/mol. The van der Waals surface area contributed by atoms with Crippen LogP contribution in [0.4, 0.5) is 10.5 Å². The van der Waals surface area contributed by atoms with E-state index in [0.29, 0.717) is 38.9 Å². The van der Waals surface area contributed by atoms with Gasteiger partial charge in [0.05, 0.1) is 12.8 Å². The standard InChI is InChI=1S/C24H18BrClN2O4/c1-31-21-12-16(19(25)13-22(21)32-14-15-5-3-2-4-6-15)11-20-23(29)28(24(30)27-20)18-9-7-17(26)8-10-18/h2-13H,14H2,1H3,(H,27,30)/b20-11+. The molecule has 0 saturated carbocycles.